The molecule has 2 aromatic rings. The van der Waals surface area contributed by atoms with E-state index in [1.165, 1.54) is 12.8 Å². The molecule has 5 heteroatoms. The van der Waals surface area contributed by atoms with Crippen LogP contribution in [0, 0.1) is 0 Å². The van der Waals surface area contributed by atoms with Crippen LogP contribution in [0.15, 0.2) is 60.7 Å². The van der Waals surface area contributed by atoms with E-state index in [4.69, 9.17) is 9.47 Å². The molecule has 2 unspecified atom stereocenters. The fraction of sp³-hybridized carbons (Fsp3) is 0.480. The molecule has 1 spiro atoms. The molecular formula is C25H30NO4+. The number of carbonyl (C=O) groups is 1. The Balaban J connectivity index is 1.38. The van der Waals surface area contributed by atoms with E-state index >= 15 is 0 Å². The van der Waals surface area contributed by atoms with Crippen molar-refractivity contribution in [3.8, 4) is 0 Å². The van der Waals surface area contributed by atoms with Crippen molar-refractivity contribution in [1.29, 1.82) is 0 Å². The van der Waals surface area contributed by atoms with Crippen molar-refractivity contribution in [3.05, 3.63) is 71.8 Å². The molecule has 0 radical (unpaired) electrons. The number of esters is 1. The van der Waals surface area contributed by atoms with Gasteiger partial charge in [0.05, 0.1) is 25.3 Å². The van der Waals surface area contributed by atoms with Gasteiger partial charge in [0.15, 0.2) is 0 Å². The van der Waals surface area contributed by atoms with Crippen LogP contribution in [0.1, 0.15) is 36.8 Å². The largest absolute Gasteiger partial charge is 0.459 e. The predicted molar refractivity (Wildman–Crippen MR) is 113 cm³/mol. The summed E-state index contributed by atoms with van der Waals surface area (Å²) in [6, 6.07) is 19.3. The molecule has 0 aliphatic carbocycles. The summed E-state index contributed by atoms with van der Waals surface area (Å²) in [5.74, 6) is -0.570. The zero-order valence-corrected chi connectivity index (χ0v) is 17.3. The first kappa shape index (κ1) is 19.7. The molecule has 3 saturated heterocycles. The number of benzene rings is 2. The van der Waals surface area contributed by atoms with E-state index in [0.29, 0.717) is 23.2 Å². The van der Waals surface area contributed by atoms with Gasteiger partial charge in [-0.2, -0.15) is 0 Å². The molecule has 0 aromatic heterocycles. The van der Waals surface area contributed by atoms with Crippen molar-refractivity contribution in [2.75, 3.05) is 26.3 Å². The van der Waals surface area contributed by atoms with Crippen molar-refractivity contribution in [1.82, 2.24) is 0 Å². The SMILES string of the molecule is O=C(OC1CC2CCC(C1)[N+]21CCOCC1)C(O)(c1ccccc1)c1ccccc1. The van der Waals surface area contributed by atoms with Crippen LogP contribution in [0.3, 0.4) is 0 Å². The highest BCUT2D eigenvalue weighted by molar-refractivity contribution is 5.85. The topological polar surface area (TPSA) is 55.8 Å². The van der Waals surface area contributed by atoms with E-state index in [-0.39, 0.29) is 6.10 Å². The molecule has 2 aromatic carbocycles. The molecule has 2 atom stereocenters. The Kier molecular flexibility index (Phi) is 5.13. The number of quaternary nitrogens is 1. The summed E-state index contributed by atoms with van der Waals surface area (Å²) in [6.45, 7) is 3.82. The second kappa shape index (κ2) is 7.80. The smallest absolute Gasteiger partial charge is 0.347 e. The van der Waals surface area contributed by atoms with E-state index in [2.05, 4.69) is 0 Å². The Hall–Kier alpha value is -2.21. The van der Waals surface area contributed by atoms with Crippen molar-refractivity contribution in [3.63, 3.8) is 0 Å². The molecule has 0 saturated carbocycles. The summed E-state index contributed by atoms with van der Waals surface area (Å²) in [5.41, 5.74) is -0.724. The van der Waals surface area contributed by atoms with E-state index in [1.54, 1.807) is 24.3 Å². The van der Waals surface area contributed by atoms with Gasteiger partial charge in [0.2, 0.25) is 5.60 Å². The average Bonchev–Trinajstić information content (AvgIpc) is 2.97. The molecule has 1 N–H and O–H groups in total. The van der Waals surface area contributed by atoms with Crippen LogP contribution in [-0.2, 0) is 19.9 Å². The third kappa shape index (κ3) is 3.16. The maximum absolute atomic E-state index is 13.4. The van der Waals surface area contributed by atoms with Gasteiger partial charge in [-0.3, -0.25) is 0 Å². The van der Waals surface area contributed by atoms with Gasteiger partial charge in [0.1, 0.15) is 19.2 Å². The molecule has 30 heavy (non-hydrogen) atoms. The zero-order valence-electron chi connectivity index (χ0n) is 17.3. The Labute approximate surface area is 177 Å². The van der Waals surface area contributed by atoms with E-state index in [0.717, 1.165) is 43.6 Å². The summed E-state index contributed by atoms with van der Waals surface area (Å²) >= 11 is 0. The lowest BCUT2D eigenvalue weighted by Crippen LogP contribution is -2.65. The van der Waals surface area contributed by atoms with Crippen LogP contribution in [0.2, 0.25) is 0 Å². The summed E-state index contributed by atoms with van der Waals surface area (Å²) in [4.78, 5) is 13.4. The lowest BCUT2D eigenvalue weighted by molar-refractivity contribution is -0.972. The van der Waals surface area contributed by atoms with E-state index in [1.807, 2.05) is 36.4 Å². The maximum atomic E-state index is 13.4. The van der Waals surface area contributed by atoms with Crippen LogP contribution in [0.5, 0.6) is 0 Å². The normalized spacial score (nSPS) is 27.7. The third-order valence-electron chi connectivity index (χ3n) is 7.61. The summed E-state index contributed by atoms with van der Waals surface area (Å²) in [6.07, 6.45) is 4.00. The molecule has 5 rings (SSSR count). The van der Waals surface area contributed by atoms with Crippen LogP contribution < -0.4 is 0 Å². The Morgan fingerprint density at radius 3 is 1.90 bits per heavy atom. The molecule has 3 aliphatic rings. The predicted octanol–water partition coefficient (Wildman–Crippen LogP) is 3.01. The van der Waals surface area contributed by atoms with Crippen molar-refractivity contribution < 1.29 is 23.9 Å². The van der Waals surface area contributed by atoms with Crippen LogP contribution in [-0.4, -0.2) is 60.0 Å². The molecular weight excluding hydrogens is 378 g/mol. The first-order chi connectivity index (χ1) is 14.6. The number of aliphatic hydroxyl groups is 1. The van der Waals surface area contributed by atoms with Gasteiger partial charge in [-0.05, 0) is 11.1 Å². The van der Waals surface area contributed by atoms with E-state index in [9.17, 15) is 9.90 Å². The Bertz CT molecular complexity index is 823. The van der Waals surface area contributed by atoms with Crippen LogP contribution in [0.4, 0.5) is 0 Å². The molecule has 5 nitrogen and oxygen atoms in total. The van der Waals surface area contributed by atoms with Gasteiger partial charge in [-0.15, -0.1) is 0 Å². The number of piperidine rings is 1. The van der Waals surface area contributed by atoms with Crippen molar-refractivity contribution in [2.45, 2.75) is 49.5 Å². The van der Waals surface area contributed by atoms with Gasteiger partial charge in [-0.1, -0.05) is 60.7 Å². The molecule has 158 valence electrons. The highest BCUT2D eigenvalue weighted by atomic mass is 16.6. The minimum atomic E-state index is -1.80. The van der Waals surface area contributed by atoms with Crippen molar-refractivity contribution >= 4 is 5.97 Å². The van der Waals surface area contributed by atoms with E-state index < -0.39 is 11.6 Å². The number of hydrogen-bond acceptors (Lipinski definition) is 4. The third-order valence-corrected chi connectivity index (χ3v) is 7.61. The van der Waals surface area contributed by atoms with Gasteiger partial charge in [0, 0.05) is 25.7 Å². The van der Waals surface area contributed by atoms with Crippen molar-refractivity contribution in [2.24, 2.45) is 0 Å². The highest BCUT2D eigenvalue weighted by Gasteiger charge is 2.56. The standard InChI is InChI=1S/C25H30NO4/c27-24(25(28,19-7-3-1-4-8-19)20-9-5-2-6-10-20)30-23-17-21-11-12-22(18-23)26(21)13-15-29-16-14-26/h1-10,21-23,28H,11-18H2/q+1. The fourth-order valence-corrected chi connectivity index (χ4v) is 6.06. The Morgan fingerprint density at radius 2 is 1.40 bits per heavy atom. The minimum absolute atomic E-state index is 0.138. The second-order valence-electron chi connectivity index (χ2n) is 8.99. The monoisotopic (exact) mass is 408 g/mol. The number of carbonyl (C=O) groups excluding carboxylic acids is 1. The lowest BCUT2D eigenvalue weighted by Gasteiger charge is -2.51. The Morgan fingerprint density at radius 1 is 0.900 bits per heavy atom. The molecule has 0 amide bonds. The van der Waals surface area contributed by atoms with Gasteiger partial charge in [0.25, 0.3) is 0 Å². The number of rotatable bonds is 4. The zero-order chi connectivity index (χ0) is 20.6. The van der Waals surface area contributed by atoms with Crippen LogP contribution in [0.25, 0.3) is 0 Å². The summed E-state index contributed by atoms with van der Waals surface area (Å²) < 4.78 is 12.8. The number of hydrogen-bond donors (Lipinski definition) is 1. The number of ether oxygens (including phenoxy) is 2. The first-order valence-electron chi connectivity index (χ1n) is 11.1. The summed E-state index contributed by atoms with van der Waals surface area (Å²) in [5, 5.41) is 11.6. The number of morpholine rings is 1. The van der Waals surface area contributed by atoms with Gasteiger partial charge >= 0.3 is 5.97 Å². The molecule has 3 fully saturated rings. The molecule has 3 heterocycles. The summed E-state index contributed by atoms with van der Waals surface area (Å²) in [7, 11) is 0. The minimum Gasteiger partial charge on any atom is -0.459 e. The molecule has 2 bridgehead atoms. The highest BCUT2D eigenvalue weighted by Crippen LogP contribution is 2.44. The lowest BCUT2D eigenvalue weighted by atomic mass is 9.86. The molecule has 3 aliphatic heterocycles. The quantitative estimate of drug-likeness (QED) is 0.624. The first-order valence-corrected chi connectivity index (χ1v) is 11.1. The fourth-order valence-electron chi connectivity index (χ4n) is 6.06. The maximum Gasteiger partial charge on any atom is 0.347 e. The second-order valence-corrected chi connectivity index (χ2v) is 8.99. The number of nitrogens with zero attached hydrogens (tertiary/aromatic N) is 1. The van der Waals surface area contributed by atoms with Gasteiger partial charge < -0.3 is 19.1 Å². The van der Waals surface area contributed by atoms with Crippen LogP contribution >= 0.6 is 0 Å². The van der Waals surface area contributed by atoms with Gasteiger partial charge in [-0.25, -0.2) is 4.79 Å². The average molecular weight is 409 g/mol.